The standard InChI is InChI=1S/C25H21F5N8O2/c1-12-18(22-37-36-21(40-22)17-6-9-31-23(34-17)25(28,29)30)19(33-13(2)32-12)14-7-10-38(11-8-14)24(39)35-20-15(26)4-3-5-16(20)27/h3-6,9,14H,7-8,10-11H2,1-2H3,(H,35,39). The van der Waals surface area contributed by atoms with Crippen LogP contribution in [-0.4, -0.2) is 54.2 Å². The second-order valence-corrected chi connectivity index (χ2v) is 9.08. The lowest BCUT2D eigenvalue weighted by Gasteiger charge is -2.32. The minimum Gasteiger partial charge on any atom is -0.414 e. The van der Waals surface area contributed by atoms with Crippen molar-refractivity contribution in [3.63, 3.8) is 0 Å². The van der Waals surface area contributed by atoms with E-state index in [2.05, 4.69) is 35.5 Å². The molecule has 3 aromatic heterocycles. The lowest BCUT2D eigenvalue weighted by atomic mass is 9.90. The number of carbonyl (C=O) groups is 1. The predicted molar refractivity (Wildman–Crippen MR) is 130 cm³/mol. The fraction of sp³-hybridized carbons (Fsp3) is 0.320. The number of nitrogens with one attached hydrogen (secondary N) is 1. The number of hydrogen-bond donors (Lipinski definition) is 1. The zero-order chi connectivity index (χ0) is 28.6. The molecule has 208 valence electrons. The molecular formula is C25H21F5N8O2. The molecule has 1 aliphatic rings. The van der Waals surface area contributed by atoms with E-state index in [0.717, 1.165) is 18.3 Å². The van der Waals surface area contributed by atoms with Crippen LogP contribution in [0.25, 0.3) is 23.0 Å². The van der Waals surface area contributed by atoms with E-state index >= 15 is 0 Å². The highest BCUT2D eigenvalue weighted by atomic mass is 19.4. The highest BCUT2D eigenvalue weighted by Gasteiger charge is 2.35. The maximum absolute atomic E-state index is 14.0. The van der Waals surface area contributed by atoms with Gasteiger partial charge in [-0.05, 0) is 44.9 Å². The smallest absolute Gasteiger partial charge is 0.414 e. The average molecular weight is 560 g/mol. The zero-order valence-electron chi connectivity index (χ0n) is 21.1. The summed E-state index contributed by atoms with van der Waals surface area (Å²) < 4.78 is 72.8. The van der Waals surface area contributed by atoms with Crippen LogP contribution in [0.15, 0.2) is 34.9 Å². The largest absolute Gasteiger partial charge is 0.451 e. The van der Waals surface area contributed by atoms with E-state index in [1.807, 2.05) is 0 Å². The van der Waals surface area contributed by atoms with Gasteiger partial charge in [0.25, 0.3) is 11.8 Å². The Kier molecular flexibility index (Phi) is 7.12. The number of urea groups is 1. The van der Waals surface area contributed by atoms with Crippen molar-refractivity contribution in [2.75, 3.05) is 18.4 Å². The van der Waals surface area contributed by atoms with Crippen molar-refractivity contribution in [2.45, 2.75) is 38.8 Å². The molecule has 2 amide bonds. The molecule has 1 N–H and O–H groups in total. The first-order valence-electron chi connectivity index (χ1n) is 12.1. The number of likely N-dealkylation sites (tertiary alicyclic amines) is 1. The van der Waals surface area contributed by atoms with Gasteiger partial charge in [-0.25, -0.2) is 33.5 Å². The van der Waals surface area contributed by atoms with Gasteiger partial charge in [-0.2, -0.15) is 13.2 Å². The Bertz CT molecular complexity index is 1550. The predicted octanol–water partition coefficient (Wildman–Crippen LogP) is 5.31. The normalized spacial score (nSPS) is 14.4. The van der Waals surface area contributed by atoms with Crippen LogP contribution in [0.3, 0.4) is 0 Å². The van der Waals surface area contributed by atoms with Gasteiger partial charge in [-0.15, -0.1) is 10.2 Å². The van der Waals surface area contributed by atoms with E-state index in [9.17, 15) is 26.7 Å². The fourth-order valence-electron chi connectivity index (χ4n) is 4.50. The number of alkyl halides is 3. The number of anilines is 1. The molecule has 15 heteroatoms. The molecule has 10 nitrogen and oxygen atoms in total. The Labute approximate surface area is 223 Å². The number of benzene rings is 1. The van der Waals surface area contributed by atoms with Crippen LogP contribution in [-0.2, 0) is 6.18 Å². The molecule has 1 aliphatic heterocycles. The van der Waals surface area contributed by atoms with Crippen LogP contribution in [0.2, 0.25) is 0 Å². The van der Waals surface area contributed by atoms with Gasteiger partial charge >= 0.3 is 12.2 Å². The maximum atomic E-state index is 14.0. The molecule has 0 saturated carbocycles. The van der Waals surface area contributed by atoms with Gasteiger partial charge in [0.05, 0.1) is 17.0 Å². The molecule has 4 heterocycles. The number of nitrogens with zero attached hydrogens (tertiary/aromatic N) is 7. The van der Waals surface area contributed by atoms with Gasteiger partial charge in [-0.1, -0.05) is 6.07 Å². The van der Waals surface area contributed by atoms with Crippen molar-refractivity contribution in [3.05, 3.63) is 65.1 Å². The molecule has 0 spiro atoms. The Morgan fingerprint density at radius 3 is 2.35 bits per heavy atom. The Hall–Kier alpha value is -4.56. The van der Waals surface area contributed by atoms with Gasteiger partial charge in [-0.3, -0.25) is 0 Å². The highest BCUT2D eigenvalue weighted by molar-refractivity contribution is 5.89. The lowest BCUT2D eigenvalue weighted by molar-refractivity contribution is -0.144. The van der Waals surface area contributed by atoms with Crippen molar-refractivity contribution in [3.8, 4) is 23.0 Å². The van der Waals surface area contributed by atoms with E-state index in [1.54, 1.807) is 13.8 Å². The van der Waals surface area contributed by atoms with Crippen LogP contribution in [0, 0.1) is 25.5 Å². The summed E-state index contributed by atoms with van der Waals surface area (Å²) in [6.07, 6.45) is -2.89. The number of para-hydroxylation sites is 1. The molecule has 5 rings (SSSR count). The molecule has 1 aromatic carbocycles. The molecule has 40 heavy (non-hydrogen) atoms. The Morgan fingerprint density at radius 1 is 1.00 bits per heavy atom. The van der Waals surface area contributed by atoms with Gasteiger partial charge in [0.1, 0.15) is 28.8 Å². The summed E-state index contributed by atoms with van der Waals surface area (Å²) in [7, 11) is 0. The van der Waals surface area contributed by atoms with E-state index in [0.29, 0.717) is 35.6 Å². The topological polar surface area (TPSA) is 123 Å². The summed E-state index contributed by atoms with van der Waals surface area (Å²) in [5, 5.41) is 10.2. The third-order valence-corrected chi connectivity index (χ3v) is 6.36. The third kappa shape index (κ3) is 5.44. The summed E-state index contributed by atoms with van der Waals surface area (Å²) in [5.74, 6) is -3.02. The van der Waals surface area contributed by atoms with E-state index in [-0.39, 0.29) is 36.5 Å². The number of amides is 2. The number of aryl methyl sites for hydroxylation is 2. The summed E-state index contributed by atoms with van der Waals surface area (Å²) in [6, 6.07) is 3.89. The Morgan fingerprint density at radius 2 is 1.68 bits per heavy atom. The quantitative estimate of drug-likeness (QED) is 0.333. The summed E-state index contributed by atoms with van der Waals surface area (Å²) in [5.41, 5.74) is 0.826. The van der Waals surface area contributed by atoms with Gasteiger partial charge < -0.3 is 14.6 Å². The molecule has 4 aromatic rings. The molecule has 0 unspecified atom stereocenters. The van der Waals surface area contributed by atoms with Gasteiger partial charge in [0.15, 0.2) is 0 Å². The summed E-state index contributed by atoms with van der Waals surface area (Å²) in [4.78, 5) is 29.8. The van der Waals surface area contributed by atoms with E-state index in [1.165, 1.54) is 17.0 Å². The lowest BCUT2D eigenvalue weighted by Crippen LogP contribution is -2.41. The second kappa shape index (κ2) is 10.5. The SMILES string of the molecule is Cc1nc(C)c(-c2nnc(-c3ccnc(C(F)(F)F)n3)o2)c(C2CCN(C(=O)Nc3c(F)cccc3F)CC2)n1. The highest BCUT2D eigenvalue weighted by Crippen LogP contribution is 2.36. The molecule has 0 atom stereocenters. The summed E-state index contributed by atoms with van der Waals surface area (Å²) in [6.45, 7) is 3.97. The number of carbonyl (C=O) groups excluding carboxylic acids is 1. The van der Waals surface area contributed by atoms with Crippen LogP contribution < -0.4 is 5.32 Å². The molecular weight excluding hydrogens is 539 g/mol. The van der Waals surface area contributed by atoms with Crippen molar-refractivity contribution in [1.82, 2.24) is 35.0 Å². The monoisotopic (exact) mass is 560 g/mol. The number of aromatic nitrogens is 6. The maximum Gasteiger partial charge on any atom is 0.451 e. The second-order valence-electron chi connectivity index (χ2n) is 9.08. The van der Waals surface area contributed by atoms with Gasteiger partial charge in [0.2, 0.25) is 5.82 Å². The number of halogens is 5. The van der Waals surface area contributed by atoms with Crippen LogP contribution in [0.5, 0.6) is 0 Å². The van der Waals surface area contributed by atoms with Crippen LogP contribution in [0.1, 0.15) is 41.8 Å². The first-order chi connectivity index (χ1) is 19.0. The van der Waals surface area contributed by atoms with Gasteiger partial charge in [0, 0.05) is 25.2 Å². The third-order valence-electron chi connectivity index (χ3n) is 6.36. The van der Waals surface area contributed by atoms with Crippen molar-refractivity contribution in [2.24, 2.45) is 0 Å². The van der Waals surface area contributed by atoms with Crippen molar-refractivity contribution >= 4 is 11.7 Å². The molecule has 0 radical (unpaired) electrons. The van der Waals surface area contributed by atoms with Crippen molar-refractivity contribution < 1.29 is 31.2 Å². The van der Waals surface area contributed by atoms with E-state index < -0.39 is 35.4 Å². The average Bonchev–Trinajstić information content (AvgIpc) is 3.40. The van der Waals surface area contributed by atoms with Crippen LogP contribution >= 0.6 is 0 Å². The number of piperidine rings is 1. The molecule has 0 aliphatic carbocycles. The van der Waals surface area contributed by atoms with E-state index in [4.69, 9.17) is 4.42 Å². The molecule has 1 fully saturated rings. The minimum absolute atomic E-state index is 0.00451. The fourth-order valence-corrected chi connectivity index (χ4v) is 4.50. The number of rotatable bonds is 4. The van der Waals surface area contributed by atoms with Crippen LogP contribution in [0.4, 0.5) is 32.4 Å². The summed E-state index contributed by atoms with van der Waals surface area (Å²) >= 11 is 0. The minimum atomic E-state index is -4.75. The first-order valence-corrected chi connectivity index (χ1v) is 12.1. The van der Waals surface area contributed by atoms with Crippen molar-refractivity contribution in [1.29, 1.82) is 0 Å². The number of hydrogen-bond acceptors (Lipinski definition) is 8. The first kappa shape index (κ1) is 27.0. The Balaban J connectivity index is 1.37. The molecule has 0 bridgehead atoms. The zero-order valence-corrected chi connectivity index (χ0v) is 21.1. The molecule has 1 saturated heterocycles.